The van der Waals surface area contributed by atoms with Crippen molar-refractivity contribution in [1.82, 2.24) is 10.2 Å². The third kappa shape index (κ3) is 6.23. The lowest BCUT2D eigenvalue weighted by Crippen LogP contribution is -2.53. The molecule has 0 bridgehead atoms. The molecule has 0 aromatic carbocycles. The van der Waals surface area contributed by atoms with Crippen LogP contribution in [0.1, 0.15) is 33.6 Å². The molecule has 1 unspecified atom stereocenters. The van der Waals surface area contributed by atoms with Crippen molar-refractivity contribution in [1.29, 1.82) is 0 Å². The first kappa shape index (κ1) is 20.3. The third-order valence-corrected chi connectivity index (χ3v) is 3.32. The standard InChI is InChI=1S/C12H25N3O.2ClH/c1-4-15-7-5-6-10(8-15)14-12(16)11(13)9(2)3;;/h9-11H,4-8,13H2,1-3H3,(H,14,16);2*1H/t10?,11-;;/m1../s1. The van der Waals surface area contributed by atoms with E-state index >= 15 is 0 Å². The van der Waals surface area contributed by atoms with Gasteiger partial charge >= 0.3 is 0 Å². The Hall–Kier alpha value is -0.0300. The molecule has 2 atom stereocenters. The summed E-state index contributed by atoms with van der Waals surface area (Å²) in [5.74, 6) is 0.198. The van der Waals surface area contributed by atoms with Crippen LogP contribution in [0, 0.1) is 5.92 Å². The average molecular weight is 300 g/mol. The minimum atomic E-state index is -0.378. The van der Waals surface area contributed by atoms with Gasteiger partial charge in [0, 0.05) is 12.6 Å². The van der Waals surface area contributed by atoms with Crippen LogP contribution in [0.2, 0.25) is 0 Å². The van der Waals surface area contributed by atoms with E-state index in [1.54, 1.807) is 0 Å². The largest absolute Gasteiger partial charge is 0.351 e. The van der Waals surface area contributed by atoms with Crippen molar-refractivity contribution in [2.75, 3.05) is 19.6 Å². The van der Waals surface area contributed by atoms with Crippen molar-refractivity contribution < 1.29 is 4.79 Å². The lowest BCUT2D eigenvalue weighted by atomic mass is 10.0. The van der Waals surface area contributed by atoms with Crippen molar-refractivity contribution in [3.8, 4) is 0 Å². The fraction of sp³-hybridized carbons (Fsp3) is 0.917. The maximum atomic E-state index is 11.8. The lowest BCUT2D eigenvalue weighted by molar-refractivity contribution is -0.124. The Kier molecular flexibility index (Phi) is 11.1. The van der Waals surface area contributed by atoms with Crippen LogP contribution in [0.3, 0.4) is 0 Å². The van der Waals surface area contributed by atoms with Crippen LogP contribution in [-0.2, 0) is 4.79 Å². The molecule has 110 valence electrons. The Bertz CT molecular complexity index is 239. The maximum absolute atomic E-state index is 11.8. The van der Waals surface area contributed by atoms with Crippen LogP contribution in [0.15, 0.2) is 0 Å². The molecule has 4 nitrogen and oxygen atoms in total. The van der Waals surface area contributed by atoms with E-state index in [-0.39, 0.29) is 48.7 Å². The number of halogens is 2. The highest BCUT2D eigenvalue weighted by Gasteiger charge is 2.23. The summed E-state index contributed by atoms with van der Waals surface area (Å²) in [6, 6.07) is -0.0944. The molecule has 0 saturated carbocycles. The lowest BCUT2D eigenvalue weighted by Gasteiger charge is -2.33. The Morgan fingerprint density at radius 1 is 1.44 bits per heavy atom. The predicted molar refractivity (Wildman–Crippen MR) is 80.6 cm³/mol. The minimum absolute atomic E-state index is 0. The molecule has 1 fully saturated rings. The highest BCUT2D eigenvalue weighted by atomic mass is 35.5. The van der Waals surface area contributed by atoms with Crippen LogP contribution in [-0.4, -0.2) is 42.5 Å². The summed E-state index contributed by atoms with van der Waals surface area (Å²) in [6.45, 7) is 9.28. The molecule has 1 aliphatic heterocycles. The van der Waals surface area contributed by atoms with Gasteiger partial charge in [-0.15, -0.1) is 24.8 Å². The molecule has 1 saturated heterocycles. The molecule has 1 rings (SSSR count). The van der Waals surface area contributed by atoms with Crippen LogP contribution in [0.25, 0.3) is 0 Å². The zero-order valence-corrected chi connectivity index (χ0v) is 13.1. The van der Waals surface area contributed by atoms with Gasteiger partial charge in [-0.1, -0.05) is 20.8 Å². The first-order valence-electron chi connectivity index (χ1n) is 6.33. The first-order chi connectivity index (χ1) is 7.54. The summed E-state index contributed by atoms with van der Waals surface area (Å²) >= 11 is 0. The third-order valence-electron chi connectivity index (χ3n) is 3.32. The molecular weight excluding hydrogens is 273 g/mol. The van der Waals surface area contributed by atoms with E-state index in [0.29, 0.717) is 0 Å². The van der Waals surface area contributed by atoms with Crippen LogP contribution >= 0.6 is 24.8 Å². The molecule has 0 aromatic rings. The molecule has 3 N–H and O–H groups in total. The number of nitrogens with two attached hydrogens (primary N) is 1. The normalized spacial score (nSPS) is 21.7. The number of likely N-dealkylation sites (tertiary alicyclic amines) is 1. The number of amides is 1. The van der Waals surface area contributed by atoms with E-state index in [1.165, 1.54) is 0 Å². The Balaban J connectivity index is 0. The summed E-state index contributed by atoms with van der Waals surface area (Å²) in [4.78, 5) is 14.2. The molecule has 6 heteroatoms. The minimum Gasteiger partial charge on any atom is -0.351 e. The molecular formula is C12H27Cl2N3O. The zero-order valence-electron chi connectivity index (χ0n) is 11.5. The highest BCUT2D eigenvalue weighted by Crippen LogP contribution is 2.10. The number of likely N-dealkylation sites (N-methyl/N-ethyl adjacent to an activating group) is 1. The molecule has 1 heterocycles. The Labute approximate surface area is 123 Å². The molecule has 0 aromatic heterocycles. The summed E-state index contributed by atoms with van der Waals surface area (Å²) in [5, 5.41) is 3.06. The van der Waals surface area contributed by atoms with Gasteiger partial charge in [-0.2, -0.15) is 0 Å². The topological polar surface area (TPSA) is 58.4 Å². The van der Waals surface area contributed by atoms with Gasteiger partial charge < -0.3 is 16.0 Å². The van der Waals surface area contributed by atoms with Crippen molar-refractivity contribution in [2.45, 2.75) is 45.7 Å². The van der Waals surface area contributed by atoms with E-state index in [2.05, 4.69) is 17.1 Å². The van der Waals surface area contributed by atoms with E-state index in [1.807, 2.05) is 13.8 Å². The fourth-order valence-electron chi connectivity index (χ4n) is 2.06. The van der Waals surface area contributed by atoms with Crippen molar-refractivity contribution in [3.63, 3.8) is 0 Å². The molecule has 0 aliphatic carbocycles. The number of hydrogen-bond donors (Lipinski definition) is 2. The van der Waals surface area contributed by atoms with E-state index in [4.69, 9.17) is 5.73 Å². The molecule has 0 radical (unpaired) electrons. The monoisotopic (exact) mass is 299 g/mol. The number of carbonyl (C=O) groups excluding carboxylic acids is 1. The molecule has 1 amide bonds. The number of carbonyl (C=O) groups is 1. The van der Waals surface area contributed by atoms with Gasteiger partial charge in [-0.25, -0.2) is 0 Å². The summed E-state index contributed by atoms with van der Waals surface area (Å²) < 4.78 is 0. The van der Waals surface area contributed by atoms with Gasteiger partial charge in [0.2, 0.25) is 5.91 Å². The molecule has 18 heavy (non-hydrogen) atoms. The van der Waals surface area contributed by atoms with Gasteiger partial charge in [0.05, 0.1) is 6.04 Å². The molecule has 1 aliphatic rings. The second-order valence-electron chi connectivity index (χ2n) is 5.01. The van der Waals surface area contributed by atoms with Crippen molar-refractivity contribution >= 4 is 30.7 Å². The first-order valence-corrected chi connectivity index (χ1v) is 6.33. The quantitative estimate of drug-likeness (QED) is 0.825. The SMILES string of the molecule is CCN1CCCC(NC(=O)[C@H](N)C(C)C)C1.Cl.Cl. The summed E-state index contributed by atoms with van der Waals surface area (Å²) in [5.41, 5.74) is 5.82. The smallest absolute Gasteiger partial charge is 0.237 e. The van der Waals surface area contributed by atoms with Gasteiger partial charge in [0.1, 0.15) is 0 Å². The Morgan fingerprint density at radius 3 is 2.56 bits per heavy atom. The van der Waals surface area contributed by atoms with E-state index in [0.717, 1.165) is 32.5 Å². The van der Waals surface area contributed by atoms with Gasteiger partial charge in [-0.3, -0.25) is 4.79 Å². The Morgan fingerprint density at radius 2 is 2.06 bits per heavy atom. The second-order valence-corrected chi connectivity index (χ2v) is 5.01. The van der Waals surface area contributed by atoms with Crippen LogP contribution < -0.4 is 11.1 Å². The predicted octanol–water partition coefficient (Wildman–Crippen LogP) is 1.41. The van der Waals surface area contributed by atoms with E-state index < -0.39 is 0 Å². The van der Waals surface area contributed by atoms with Crippen LogP contribution in [0.5, 0.6) is 0 Å². The number of nitrogens with zero attached hydrogens (tertiary/aromatic N) is 1. The van der Waals surface area contributed by atoms with Gasteiger partial charge in [0.25, 0.3) is 0 Å². The van der Waals surface area contributed by atoms with Gasteiger partial charge in [-0.05, 0) is 31.8 Å². The van der Waals surface area contributed by atoms with Crippen molar-refractivity contribution in [3.05, 3.63) is 0 Å². The maximum Gasteiger partial charge on any atom is 0.237 e. The summed E-state index contributed by atoms with van der Waals surface area (Å²) in [6.07, 6.45) is 2.24. The summed E-state index contributed by atoms with van der Waals surface area (Å²) in [7, 11) is 0. The fourth-order valence-corrected chi connectivity index (χ4v) is 2.06. The molecule has 0 spiro atoms. The van der Waals surface area contributed by atoms with Crippen LogP contribution in [0.4, 0.5) is 0 Å². The second kappa shape index (κ2) is 9.84. The average Bonchev–Trinajstić information content (AvgIpc) is 2.28. The van der Waals surface area contributed by atoms with Crippen molar-refractivity contribution in [2.24, 2.45) is 11.7 Å². The highest BCUT2D eigenvalue weighted by molar-refractivity contribution is 5.85. The number of hydrogen-bond acceptors (Lipinski definition) is 3. The number of piperidine rings is 1. The number of nitrogens with one attached hydrogen (secondary N) is 1. The van der Waals surface area contributed by atoms with E-state index in [9.17, 15) is 4.79 Å². The number of rotatable bonds is 4. The zero-order chi connectivity index (χ0) is 12.1. The van der Waals surface area contributed by atoms with Gasteiger partial charge in [0.15, 0.2) is 0 Å².